The van der Waals surface area contributed by atoms with Crippen LogP contribution in [0.3, 0.4) is 0 Å². The summed E-state index contributed by atoms with van der Waals surface area (Å²) in [7, 11) is 0. The van der Waals surface area contributed by atoms with E-state index in [-0.39, 0.29) is 22.8 Å². The van der Waals surface area contributed by atoms with E-state index in [1.165, 1.54) is 10.9 Å². The van der Waals surface area contributed by atoms with Crippen LogP contribution < -0.4 is 11.1 Å². The summed E-state index contributed by atoms with van der Waals surface area (Å²) >= 11 is 0. The van der Waals surface area contributed by atoms with Gasteiger partial charge in [0.1, 0.15) is 23.3 Å². The maximum atomic E-state index is 12.2. The fraction of sp³-hybridized carbons (Fsp3) is 0.636. The van der Waals surface area contributed by atoms with Crippen molar-refractivity contribution in [2.75, 3.05) is 12.3 Å². The van der Waals surface area contributed by atoms with Crippen LogP contribution in [0.15, 0.2) is 6.33 Å². The molecule has 0 radical (unpaired) electrons. The number of rotatable bonds is 4. The average Bonchev–Trinajstić information content (AvgIpc) is 3.35. The molecule has 3 heterocycles. The van der Waals surface area contributed by atoms with Crippen LogP contribution in [0.5, 0.6) is 0 Å². The van der Waals surface area contributed by atoms with E-state index < -0.39 is 36.0 Å². The molecular formula is C22H30N6O5. The Morgan fingerprint density at radius 2 is 2.03 bits per heavy atom. The summed E-state index contributed by atoms with van der Waals surface area (Å²) in [6, 6.07) is 0. The number of hydrogen-bond acceptors (Lipinski definition) is 9. The third kappa shape index (κ3) is 4.52. The highest BCUT2D eigenvalue weighted by Gasteiger charge is 2.47. The van der Waals surface area contributed by atoms with Gasteiger partial charge in [0.2, 0.25) is 5.82 Å². The smallest absolute Gasteiger partial charge is 0.252 e. The Hall–Kier alpha value is -2.78. The highest BCUT2D eigenvalue weighted by molar-refractivity contribution is 5.83. The van der Waals surface area contributed by atoms with Crippen LogP contribution in [0.25, 0.3) is 11.2 Å². The van der Waals surface area contributed by atoms with Gasteiger partial charge in [-0.25, -0.2) is 15.0 Å². The second kappa shape index (κ2) is 9.23. The van der Waals surface area contributed by atoms with E-state index in [2.05, 4.69) is 39.0 Å². The summed E-state index contributed by atoms with van der Waals surface area (Å²) in [4.78, 5) is 24.9. The van der Waals surface area contributed by atoms with E-state index in [1.807, 2.05) is 0 Å². The number of aliphatic hydroxyl groups excluding tert-OH is 2. The molecule has 2 fully saturated rings. The second-order valence-electron chi connectivity index (χ2n) is 8.71. The van der Waals surface area contributed by atoms with Crippen molar-refractivity contribution in [1.82, 2.24) is 24.8 Å². The second-order valence-corrected chi connectivity index (χ2v) is 8.71. The van der Waals surface area contributed by atoms with Crippen molar-refractivity contribution < 1.29 is 24.9 Å². The highest BCUT2D eigenvalue weighted by atomic mass is 16.6. The Morgan fingerprint density at radius 3 is 2.70 bits per heavy atom. The normalized spacial score (nSPS) is 31.8. The first kappa shape index (κ1) is 23.4. The number of aliphatic hydroxyl groups is 3. The quantitative estimate of drug-likeness (QED) is 0.391. The molecule has 11 nitrogen and oxygen atoms in total. The molecular weight excluding hydrogens is 428 g/mol. The van der Waals surface area contributed by atoms with Gasteiger partial charge in [-0.15, -0.1) is 0 Å². The predicted octanol–water partition coefficient (Wildman–Crippen LogP) is -0.153. The summed E-state index contributed by atoms with van der Waals surface area (Å²) in [5.41, 5.74) is 5.47. The molecule has 1 aliphatic carbocycles. The SMILES string of the molecule is CCNC(=O)[C@H]1O[C@@H](n2cnc3c(N)nc(C#CC4(O)CCC(CC)CC4)nc32)C(O)[C@H]1O. The van der Waals surface area contributed by atoms with Crippen molar-refractivity contribution in [3.63, 3.8) is 0 Å². The number of aromatic nitrogens is 4. The number of nitrogens with two attached hydrogens (primary N) is 1. The number of hydrogen-bond donors (Lipinski definition) is 5. The molecule has 1 saturated carbocycles. The summed E-state index contributed by atoms with van der Waals surface area (Å²) in [6.07, 6.45) is 0.298. The van der Waals surface area contributed by atoms with E-state index in [0.29, 0.717) is 25.3 Å². The molecule has 2 aromatic heterocycles. The van der Waals surface area contributed by atoms with Gasteiger partial charge in [-0.05, 0) is 44.4 Å². The predicted molar refractivity (Wildman–Crippen MR) is 118 cm³/mol. The number of amides is 1. The van der Waals surface area contributed by atoms with Crippen molar-refractivity contribution in [2.24, 2.45) is 5.92 Å². The number of likely N-dealkylation sites (N-methyl/N-ethyl adjacent to an activating group) is 1. The molecule has 6 N–H and O–H groups in total. The van der Waals surface area contributed by atoms with Crippen LogP contribution in [-0.4, -0.2) is 71.2 Å². The molecule has 0 aromatic carbocycles. The molecule has 33 heavy (non-hydrogen) atoms. The molecule has 1 saturated heterocycles. The van der Waals surface area contributed by atoms with E-state index >= 15 is 0 Å². The van der Waals surface area contributed by atoms with Crippen molar-refractivity contribution >= 4 is 22.9 Å². The lowest BCUT2D eigenvalue weighted by Crippen LogP contribution is -2.42. The zero-order valence-corrected chi connectivity index (χ0v) is 18.7. The molecule has 0 bridgehead atoms. The Labute approximate surface area is 191 Å². The van der Waals surface area contributed by atoms with Crippen molar-refractivity contribution in [3.05, 3.63) is 12.2 Å². The number of fused-ring (bicyclic) bond motifs is 1. The molecule has 4 atom stereocenters. The van der Waals surface area contributed by atoms with Crippen LogP contribution in [0.4, 0.5) is 5.82 Å². The molecule has 11 heteroatoms. The van der Waals surface area contributed by atoms with Gasteiger partial charge in [0.15, 0.2) is 23.8 Å². The number of nitrogens with zero attached hydrogens (tertiary/aromatic N) is 4. The third-order valence-electron chi connectivity index (χ3n) is 6.49. The summed E-state index contributed by atoms with van der Waals surface area (Å²) < 4.78 is 7.05. The molecule has 4 rings (SSSR count). The third-order valence-corrected chi connectivity index (χ3v) is 6.49. The maximum absolute atomic E-state index is 12.2. The van der Waals surface area contributed by atoms with Gasteiger partial charge in [-0.2, -0.15) is 0 Å². The Morgan fingerprint density at radius 1 is 1.30 bits per heavy atom. The lowest BCUT2D eigenvalue weighted by atomic mass is 9.78. The van der Waals surface area contributed by atoms with Crippen LogP contribution >= 0.6 is 0 Å². The highest BCUT2D eigenvalue weighted by Crippen LogP contribution is 2.34. The van der Waals surface area contributed by atoms with Gasteiger partial charge < -0.3 is 31.1 Å². The molecule has 0 spiro atoms. The number of anilines is 1. The molecule has 2 aromatic rings. The molecule has 2 aliphatic rings. The maximum Gasteiger partial charge on any atom is 0.252 e. The molecule has 1 amide bonds. The minimum Gasteiger partial charge on any atom is -0.387 e. The zero-order chi connectivity index (χ0) is 23.8. The average molecular weight is 459 g/mol. The monoisotopic (exact) mass is 458 g/mol. The van der Waals surface area contributed by atoms with Gasteiger partial charge in [-0.1, -0.05) is 19.3 Å². The number of ether oxygens (including phenoxy) is 1. The summed E-state index contributed by atoms with van der Waals surface area (Å²) in [5, 5.41) is 34.2. The van der Waals surface area contributed by atoms with Crippen LogP contribution in [0.1, 0.15) is 58.0 Å². The van der Waals surface area contributed by atoms with Crippen molar-refractivity contribution in [2.45, 2.75) is 76.1 Å². The minimum atomic E-state index is -1.43. The Bertz CT molecular complexity index is 1080. The zero-order valence-electron chi connectivity index (χ0n) is 18.7. The van der Waals surface area contributed by atoms with E-state index in [4.69, 9.17) is 10.5 Å². The number of carbonyl (C=O) groups is 1. The first-order chi connectivity index (χ1) is 15.8. The van der Waals surface area contributed by atoms with Gasteiger partial charge in [-0.3, -0.25) is 9.36 Å². The minimum absolute atomic E-state index is 0.0815. The number of carbonyl (C=O) groups excluding carboxylic acids is 1. The topological polar surface area (TPSA) is 169 Å². The fourth-order valence-corrected chi connectivity index (χ4v) is 4.42. The van der Waals surface area contributed by atoms with E-state index in [9.17, 15) is 20.1 Å². The first-order valence-corrected chi connectivity index (χ1v) is 11.3. The summed E-state index contributed by atoms with van der Waals surface area (Å²) in [5.74, 6) is 6.00. The van der Waals surface area contributed by atoms with Gasteiger partial charge in [0, 0.05) is 6.54 Å². The van der Waals surface area contributed by atoms with Gasteiger partial charge in [0.25, 0.3) is 5.91 Å². The lowest BCUT2D eigenvalue weighted by Gasteiger charge is -2.31. The van der Waals surface area contributed by atoms with Crippen LogP contribution in [0.2, 0.25) is 0 Å². The number of nitrogen functional groups attached to an aromatic ring is 1. The van der Waals surface area contributed by atoms with Crippen molar-refractivity contribution in [1.29, 1.82) is 0 Å². The summed E-state index contributed by atoms with van der Waals surface area (Å²) in [6.45, 7) is 4.25. The van der Waals surface area contributed by atoms with Gasteiger partial charge in [0.05, 0.1) is 6.33 Å². The Kier molecular flexibility index (Phi) is 6.54. The molecule has 178 valence electrons. The fourth-order valence-electron chi connectivity index (χ4n) is 4.42. The van der Waals surface area contributed by atoms with E-state index in [1.54, 1.807) is 6.92 Å². The standard InChI is InChI=1S/C22H30N6O5/c1-3-12-5-8-22(32,9-6-12)10-7-13-26-18(23)14-19(27-13)28(11-25-14)21-16(30)15(29)17(33-21)20(31)24-4-2/h11-12,15-17,21,29-30,32H,3-6,8-9H2,1-2H3,(H,24,31)(H2,23,26,27)/t12?,15-,16?,17+,21-,22?/m1/s1. The number of nitrogens with one attached hydrogen (secondary N) is 1. The lowest BCUT2D eigenvalue weighted by molar-refractivity contribution is -0.137. The van der Waals surface area contributed by atoms with Crippen LogP contribution in [-0.2, 0) is 9.53 Å². The first-order valence-electron chi connectivity index (χ1n) is 11.3. The molecule has 1 unspecified atom stereocenters. The molecule has 1 aliphatic heterocycles. The van der Waals surface area contributed by atoms with Gasteiger partial charge >= 0.3 is 0 Å². The number of imidazole rings is 1. The van der Waals surface area contributed by atoms with Crippen LogP contribution in [0, 0.1) is 17.8 Å². The Balaban J connectivity index is 1.62. The largest absolute Gasteiger partial charge is 0.387 e. The van der Waals surface area contributed by atoms with E-state index in [0.717, 1.165) is 19.3 Å². The van der Waals surface area contributed by atoms with Crippen molar-refractivity contribution in [3.8, 4) is 11.8 Å².